The number of carbonyl (C=O) groups is 2. The Labute approximate surface area is 174 Å². The van der Waals surface area contributed by atoms with Crippen LogP contribution in [0, 0.1) is 5.92 Å². The maximum atomic E-state index is 12.7. The van der Waals surface area contributed by atoms with Gasteiger partial charge in [0.2, 0.25) is 15.9 Å². The number of rotatable bonds is 11. The minimum absolute atomic E-state index is 0.0492. The number of nitrogens with one attached hydrogen (secondary N) is 2. The quantitative estimate of drug-likeness (QED) is 0.558. The molecule has 0 aromatic heterocycles. The van der Waals surface area contributed by atoms with Gasteiger partial charge in [-0.25, -0.2) is 8.42 Å². The maximum absolute atomic E-state index is 12.7. The summed E-state index contributed by atoms with van der Waals surface area (Å²) in [4.78, 5) is 25.3. The number of hydrogen-bond acceptors (Lipinski definition) is 5. The third kappa shape index (κ3) is 6.80. The predicted molar refractivity (Wildman–Crippen MR) is 112 cm³/mol. The van der Waals surface area contributed by atoms with E-state index >= 15 is 0 Å². The van der Waals surface area contributed by atoms with Crippen LogP contribution in [0.3, 0.4) is 0 Å². The van der Waals surface area contributed by atoms with E-state index in [-0.39, 0.29) is 28.3 Å². The Morgan fingerprint density at radius 2 is 1.72 bits per heavy atom. The second-order valence-corrected chi connectivity index (χ2v) is 9.12. The van der Waals surface area contributed by atoms with Crippen LogP contribution in [0.25, 0.3) is 0 Å². The zero-order valence-corrected chi connectivity index (χ0v) is 18.9. The number of sulfonamides is 1. The Morgan fingerprint density at radius 3 is 2.24 bits per heavy atom. The van der Waals surface area contributed by atoms with Crippen molar-refractivity contribution in [2.24, 2.45) is 5.92 Å². The van der Waals surface area contributed by atoms with Crippen molar-refractivity contribution < 1.29 is 22.7 Å². The standard InChI is InChI=1S/C20H33N3O5S/c1-7-23(8-2)29(26,27)17-11-9-10-16(12-17)19(24)22-18(14(3)4)20(25)21-15(5)13-28-6/h9-12,14-15,18H,7-8,13H2,1-6H3,(H,21,25)(H,22,24). The van der Waals surface area contributed by atoms with Crippen LogP contribution in [0.4, 0.5) is 0 Å². The summed E-state index contributed by atoms with van der Waals surface area (Å²) >= 11 is 0. The number of hydrogen-bond donors (Lipinski definition) is 2. The Hall–Kier alpha value is -1.97. The van der Waals surface area contributed by atoms with Crippen molar-refractivity contribution >= 4 is 21.8 Å². The lowest BCUT2D eigenvalue weighted by molar-refractivity contribution is -0.124. The SMILES string of the molecule is CCN(CC)S(=O)(=O)c1cccc(C(=O)NC(C(=O)NC(C)COC)C(C)C)c1. The molecular weight excluding hydrogens is 394 g/mol. The molecule has 2 N–H and O–H groups in total. The van der Waals surface area contributed by atoms with E-state index in [1.807, 2.05) is 20.8 Å². The summed E-state index contributed by atoms with van der Waals surface area (Å²) in [6.07, 6.45) is 0. The zero-order chi connectivity index (χ0) is 22.2. The number of ether oxygens (including phenoxy) is 1. The van der Waals surface area contributed by atoms with Gasteiger partial charge in [-0.2, -0.15) is 4.31 Å². The molecule has 0 bridgehead atoms. The largest absolute Gasteiger partial charge is 0.383 e. The van der Waals surface area contributed by atoms with E-state index in [0.717, 1.165) is 0 Å². The summed E-state index contributed by atoms with van der Waals surface area (Å²) in [6.45, 7) is 10.0. The van der Waals surface area contributed by atoms with Gasteiger partial charge in [0.1, 0.15) is 6.04 Å². The van der Waals surface area contributed by atoms with Gasteiger partial charge in [0.15, 0.2) is 0 Å². The molecule has 0 spiro atoms. The van der Waals surface area contributed by atoms with Crippen LogP contribution in [-0.2, 0) is 19.6 Å². The number of benzene rings is 1. The molecule has 0 fully saturated rings. The Bertz CT molecular complexity index is 791. The van der Waals surface area contributed by atoms with Gasteiger partial charge in [0.25, 0.3) is 5.91 Å². The highest BCUT2D eigenvalue weighted by Gasteiger charge is 2.27. The lowest BCUT2D eigenvalue weighted by Crippen LogP contribution is -2.52. The molecule has 0 saturated carbocycles. The van der Waals surface area contributed by atoms with Crippen LogP contribution in [0.15, 0.2) is 29.2 Å². The smallest absolute Gasteiger partial charge is 0.251 e. The number of carbonyl (C=O) groups excluding carboxylic acids is 2. The van der Waals surface area contributed by atoms with Gasteiger partial charge in [-0.1, -0.05) is 33.8 Å². The van der Waals surface area contributed by atoms with Crippen LogP contribution in [0.1, 0.15) is 45.0 Å². The van der Waals surface area contributed by atoms with E-state index in [9.17, 15) is 18.0 Å². The number of methoxy groups -OCH3 is 1. The van der Waals surface area contributed by atoms with Crippen molar-refractivity contribution in [2.75, 3.05) is 26.8 Å². The van der Waals surface area contributed by atoms with Crippen LogP contribution in [-0.4, -0.2) is 63.4 Å². The second kappa shape index (κ2) is 11.3. The first kappa shape index (κ1) is 25.1. The molecule has 1 rings (SSSR count). The van der Waals surface area contributed by atoms with E-state index < -0.39 is 22.0 Å². The van der Waals surface area contributed by atoms with Gasteiger partial charge in [0.05, 0.1) is 11.5 Å². The topological polar surface area (TPSA) is 105 Å². The fraction of sp³-hybridized carbons (Fsp3) is 0.600. The van der Waals surface area contributed by atoms with Crippen LogP contribution >= 0.6 is 0 Å². The van der Waals surface area contributed by atoms with Crippen molar-refractivity contribution in [1.82, 2.24) is 14.9 Å². The summed E-state index contributed by atoms with van der Waals surface area (Å²) in [6, 6.07) is 4.89. The molecule has 8 nitrogen and oxygen atoms in total. The highest BCUT2D eigenvalue weighted by atomic mass is 32.2. The van der Waals surface area contributed by atoms with Gasteiger partial charge < -0.3 is 15.4 Å². The van der Waals surface area contributed by atoms with Crippen LogP contribution < -0.4 is 10.6 Å². The van der Waals surface area contributed by atoms with Crippen molar-refractivity contribution in [3.8, 4) is 0 Å². The van der Waals surface area contributed by atoms with E-state index in [1.165, 1.54) is 28.6 Å². The Kier molecular flexibility index (Phi) is 9.75. The molecule has 0 aliphatic heterocycles. The van der Waals surface area contributed by atoms with Gasteiger partial charge in [0, 0.05) is 31.8 Å². The van der Waals surface area contributed by atoms with Crippen molar-refractivity contribution in [1.29, 1.82) is 0 Å². The first-order valence-electron chi connectivity index (χ1n) is 9.78. The molecule has 164 valence electrons. The second-order valence-electron chi connectivity index (χ2n) is 7.18. The molecule has 0 radical (unpaired) electrons. The molecule has 2 amide bonds. The summed E-state index contributed by atoms with van der Waals surface area (Å²) in [5.74, 6) is -0.976. The lowest BCUT2D eigenvalue weighted by atomic mass is 10.0. The minimum atomic E-state index is -3.68. The van der Waals surface area contributed by atoms with Gasteiger partial charge >= 0.3 is 0 Å². The average Bonchev–Trinajstić information content (AvgIpc) is 2.66. The molecule has 0 saturated heterocycles. The van der Waals surface area contributed by atoms with Crippen LogP contribution in [0.5, 0.6) is 0 Å². The average molecular weight is 428 g/mol. The van der Waals surface area contributed by atoms with Crippen LogP contribution in [0.2, 0.25) is 0 Å². The molecule has 1 aromatic carbocycles. The Balaban J connectivity index is 3.04. The summed E-state index contributed by atoms with van der Waals surface area (Å²) < 4.78 is 31.8. The molecule has 29 heavy (non-hydrogen) atoms. The summed E-state index contributed by atoms with van der Waals surface area (Å²) in [5.41, 5.74) is 0.182. The number of amides is 2. The van der Waals surface area contributed by atoms with Gasteiger partial charge in [-0.15, -0.1) is 0 Å². The molecule has 2 atom stereocenters. The monoisotopic (exact) mass is 427 g/mol. The fourth-order valence-corrected chi connectivity index (χ4v) is 4.40. The summed E-state index contributed by atoms with van der Waals surface area (Å²) in [5, 5.41) is 5.52. The van der Waals surface area contributed by atoms with Gasteiger partial charge in [-0.3, -0.25) is 9.59 Å². The zero-order valence-electron chi connectivity index (χ0n) is 18.1. The van der Waals surface area contributed by atoms with E-state index in [1.54, 1.807) is 21.0 Å². The highest BCUT2D eigenvalue weighted by Crippen LogP contribution is 2.17. The van der Waals surface area contributed by atoms with E-state index in [2.05, 4.69) is 10.6 Å². The molecular formula is C20H33N3O5S. The molecule has 0 aliphatic rings. The summed E-state index contributed by atoms with van der Waals surface area (Å²) in [7, 11) is -2.14. The predicted octanol–water partition coefficient (Wildman–Crippen LogP) is 1.62. The lowest BCUT2D eigenvalue weighted by Gasteiger charge is -2.24. The maximum Gasteiger partial charge on any atom is 0.251 e. The first-order chi connectivity index (χ1) is 13.6. The Morgan fingerprint density at radius 1 is 1.10 bits per heavy atom. The molecule has 0 aliphatic carbocycles. The number of nitrogens with zero attached hydrogens (tertiary/aromatic N) is 1. The minimum Gasteiger partial charge on any atom is -0.383 e. The molecule has 0 heterocycles. The highest BCUT2D eigenvalue weighted by molar-refractivity contribution is 7.89. The molecule has 9 heteroatoms. The van der Waals surface area contributed by atoms with Crippen molar-refractivity contribution in [2.45, 2.75) is 51.6 Å². The van der Waals surface area contributed by atoms with E-state index in [0.29, 0.717) is 19.7 Å². The van der Waals surface area contributed by atoms with E-state index in [4.69, 9.17) is 4.74 Å². The molecule has 1 aromatic rings. The van der Waals surface area contributed by atoms with Gasteiger partial charge in [-0.05, 0) is 31.0 Å². The third-order valence-corrected chi connectivity index (χ3v) is 6.53. The normalized spacial score (nSPS) is 13.9. The fourth-order valence-electron chi connectivity index (χ4n) is 2.89. The first-order valence-corrected chi connectivity index (χ1v) is 11.2. The molecule has 2 unspecified atom stereocenters. The van der Waals surface area contributed by atoms with Crippen molar-refractivity contribution in [3.63, 3.8) is 0 Å². The third-order valence-electron chi connectivity index (χ3n) is 4.48. The van der Waals surface area contributed by atoms with Crippen molar-refractivity contribution in [3.05, 3.63) is 29.8 Å².